The minimum absolute atomic E-state index is 0.0133. The van der Waals surface area contributed by atoms with E-state index in [-0.39, 0.29) is 11.9 Å². The monoisotopic (exact) mass is 324 g/mol. The van der Waals surface area contributed by atoms with E-state index in [0.717, 1.165) is 22.5 Å². The molecule has 0 aromatic heterocycles. The van der Waals surface area contributed by atoms with Crippen molar-refractivity contribution in [3.63, 3.8) is 0 Å². The summed E-state index contributed by atoms with van der Waals surface area (Å²) in [5.74, 6) is -0.0133. The Bertz CT molecular complexity index is 994. The summed E-state index contributed by atoms with van der Waals surface area (Å²) in [6.07, 6.45) is 4.31. The minimum Gasteiger partial charge on any atom is -0.267 e. The lowest BCUT2D eigenvalue weighted by Gasteiger charge is -2.36. The molecule has 0 bridgehead atoms. The average molecular weight is 324 g/mol. The molecule has 5 rings (SSSR count). The van der Waals surface area contributed by atoms with Gasteiger partial charge in [0.1, 0.15) is 0 Å². The number of carbonyl (C=O) groups is 1. The Morgan fingerprint density at radius 2 is 1.44 bits per heavy atom. The van der Waals surface area contributed by atoms with Crippen LogP contribution in [-0.2, 0) is 0 Å². The lowest BCUT2D eigenvalue weighted by molar-refractivity contribution is 0.0985. The lowest BCUT2D eigenvalue weighted by atomic mass is 10.00. The predicted molar refractivity (Wildman–Crippen MR) is 100 cm³/mol. The lowest BCUT2D eigenvalue weighted by Crippen LogP contribution is -2.45. The second kappa shape index (κ2) is 5.35. The van der Waals surface area contributed by atoms with Gasteiger partial charge in [-0.2, -0.15) is 0 Å². The maximum absolute atomic E-state index is 13.3. The smallest absolute Gasteiger partial charge is 0.267 e. The van der Waals surface area contributed by atoms with Gasteiger partial charge in [0.25, 0.3) is 5.91 Å². The van der Waals surface area contributed by atoms with Gasteiger partial charge in [0.05, 0.1) is 17.4 Å². The van der Waals surface area contributed by atoms with Crippen molar-refractivity contribution in [2.24, 2.45) is 0 Å². The second-order valence-electron chi connectivity index (χ2n) is 6.25. The molecule has 120 valence electrons. The number of amides is 1. The van der Waals surface area contributed by atoms with E-state index in [1.165, 1.54) is 0 Å². The quantitative estimate of drug-likeness (QED) is 0.639. The van der Waals surface area contributed by atoms with Gasteiger partial charge < -0.3 is 0 Å². The predicted octanol–water partition coefficient (Wildman–Crippen LogP) is 4.84. The fourth-order valence-electron chi connectivity index (χ4n) is 3.69. The number of benzene rings is 3. The Kier molecular flexibility index (Phi) is 3.01. The third kappa shape index (κ3) is 2.02. The van der Waals surface area contributed by atoms with Crippen molar-refractivity contribution in [1.29, 1.82) is 0 Å². The van der Waals surface area contributed by atoms with Gasteiger partial charge >= 0.3 is 0 Å². The molecular weight excluding hydrogens is 308 g/mol. The zero-order valence-electron chi connectivity index (χ0n) is 13.5. The number of hydrogen-bond donors (Lipinski definition) is 0. The molecule has 3 aromatic carbocycles. The first kappa shape index (κ1) is 14.1. The summed E-state index contributed by atoms with van der Waals surface area (Å²) in [6.45, 7) is 0. The van der Waals surface area contributed by atoms with Crippen LogP contribution >= 0.6 is 0 Å². The van der Waals surface area contributed by atoms with E-state index < -0.39 is 0 Å². The largest absolute Gasteiger partial charge is 0.277 e. The molecule has 0 saturated carbocycles. The van der Waals surface area contributed by atoms with Crippen molar-refractivity contribution in [2.45, 2.75) is 6.04 Å². The molecule has 3 nitrogen and oxygen atoms in total. The van der Waals surface area contributed by atoms with Gasteiger partial charge in [-0.05, 0) is 29.8 Å². The summed E-state index contributed by atoms with van der Waals surface area (Å²) in [7, 11) is 0. The molecule has 1 amide bonds. The third-order valence-corrected chi connectivity index (χ3v) is 4.82. The molecule has 0 saturated heterocycles. The number of anilines is 2. The highest BCUT2D eigenvalue weighted by atomic mass is 16.2. The van der Waals surface area contributed by atoms with Crippen molar-refractivity contribution >= 4 is 23.4 Å². The molecule has 3 heteroatoms. The molecule has 3 aromatic rings. The van der Waals surface area contributed by atoms with Gasteiger partial charge in [0.2, 0.25) is 0 Å². The maximum atomic E-state index is 13.3. The highest BCUT2D eigenvalue weighted by molar-refractivity contribution is 6.10. The van der Waals surface area contributed by atoms with Gasteiger partial charge in [0, 0.05) is 11.1 Å². The maximum Gasteiger partial charge on any atom is 0.277 e. The Morgan fingerprint density at radius 3 is 2.28 bits per heavy atom. The minimum atomic E-state index is -0.0133. The Labute approximate surface area is 146 Å². The molecule has 0 N–H and O–H groups in total. The SMILES string of the molecule is O=C(c1ccccc1)N1c2ccccc2[C@H]2C=Cc3ccccc3N21. The number of fused-ring (bicyclic) bond motifs is 5. The molecule has 0 radical (unpaired) electrons. The van der Waals surface area contributed by atoms with Crippen molar-refractivity contribution in [3.8, 4) is 0 Å². The van der Waals surface area contributed by atoms with Crippen LogP contribution in [-0.4, -0.2) is 5.91 Å². The molecule has 2 heterocycles. The second-order valence-corrected chi connectivity index (χ2v) is 6.25. The van der Waals surface area contributed by atoms with E-state index in [9.17, 15) is 4.79 Å². The van der Waals surface area contributed by atoms with Gasteiger partial charge in [-0.25, -0.2) is 5.01 Å². The molecular formula is C22H16N2O. The summed E-state index contributed by atoms with van der Waals surface area (Å²) in [5, 5.41) is 3.92. The first-order chi connectivity index (χ1) is 12.3. The summed E-state index contributed by atoms with van der Waals surface area (Å²) >= 11 is 0. The number of carbonyl (C=O) groups excluding carboxylic acids is 1. The van der Waals surface area contributed by atoms with Crippen LogP contribution in [0.5, 0.6) is 0 Å². The van der Waals surface area contributed by atoms with Gasteiger partial charge in [-0.1, -0.05) is 66.7 Å². The molecule has 0 fully saturated rings. The third-order valence-electron chi connectivity index (χ3n) is 4.82. The number of hydrazine groups is 1. The van der Waals surface area contributed by atoms with Crippen LogP contribution in [0.15, 0.2) is 84.9 Å². The van der Waals surface area contributed by atoms with Crippen LogP contribution < -0.4 is 10.0 Å². The zero-order chi connectivity index (χ0) is 16.8. The van der Waals surface area contributed by atoms with E-state index in [1.807, 2.05) is 65.7 Å². The van der Waals surface area contributed by atoms with Gasteiger partial charge in [0.15, 0.2) is 0 Å². The van der Waals surface area contributed by atoms with Crippen molar-refractivity contribution in [3.05, 3.63) is 102 Å². The van der Waals surface area contributed by atoms with Gasteiger partial charge in [-0.15, -0.1) is 0 Å². The molecule has 1 atom stereocenters. The zero-order valence-corrected chi connectivity index (χ0v) is 13.5. The Morgan fingerprint density at radius 1 is 0.760 bits per heavy atom. The number of rotatable bonds is 1. The average Bonchev–Trinajstić information content (AvgIpc) is 3.03. The first-order valence-corrected chi connectivity index (χ1v) is 8.39. The van der Waals surface area contributed by atoms with E-state index in [1.54, 1.807) is 0 Å². The summed E-state index contributed by atoms with van der Waals surface area (Å²) in [5.41, 5.74) is 4.96. The number of nitrogens with zero attached hydrogens (tertiary/aromatic N) is 2. The normalized spacial score (nSPS) is 17.0. The standard InChI is InChI=1S/C22H16N2O/c25-22(17-9-2-1-3-10-17)24-20-13-7-5-11-18(20)21-15-14-16-8-4-6-12-19(16)23(21)24/h1-15,21H/t21-/m1/s1. The molecule has 0 unspecified atom stereocenters. The van der Waals surface area contributed by atoms with Crippen molar-refractivity contribution in [1.82, 2.24) is 0 Å². The molecule has 0 aliphatic carbocycles. The highest BCUT2D eigenvalue weighted by Gasteiger charge is 2.41. The topological polar surface area (TPSA) is 23.6 Å². The summed E-state index contributed by atoms with van der Waals surface area (Å²) in [4.78, 5) is 13.3. The van der Waals surface area contributed by atoms with Crippen LogP contribution in [0.4, 0.5) is 11.4 Å². The van der Waals surface area contributed by atoms with E-state index in [2.05, 4.69) is 35.4 Å². The summed E-state index contributed by atoms with van der Waals surface area (Å²) < 4.78 is 0. The van der Waals surface area contributed by atoms with Crippen LogP contribution in [0, 0.1) is 0 Å². The number of para-hydroxylation sites is 2. The van der Waals surface area contributed by atoms with Crippen LogP contribution in [0.3, 0.4) is 0 Å². The Hall–Kier alpha value is -3.33. The van der Waals surface area contributed by atoms with Crippen molar-refractivity contribution < 1.29 is 4.79 Å². The first-order valence-electron chi connectivity index (χ1n) is 8.39. The van der Waals surface area contributed by atoms with Crippen molar-refractivity contribution in [2.75, 3.05) is 10.0 Å². The van der Waals surface area contributed by atoms with E-state index in [4.69, 9.17) is 0 Å². The molecule has 0 spiro atoms. The molecule has 25 heavy (non-hydrogen) atoms. The van der Waals surface area contributed by atoms with E-state index in [0.29, 0.717) is 5.56 Å². The van der Waals surface area contributed by atoms with E-state index >= 15 is 0 Å². The van der Waals surface area contributed by atoms with Gasteiger partial charge in [-0.3, -0.25) is 9.80 Å². The summed E-state index contributed by atoms with van der Waals surface area (Å²) in [6, 6.07) is 25.8. The number of hydrogen-bond acceptors (Lipinski definition) is 2. The van der Waals surface area contributed by atoms with Crippen LogP contribution in [0.2, 0.25) is 0 Å². The fourth-order valence-corrected chi connectivity index (χ4v) is 3.69. The fraction of sp³-hybridized carbons (Fsp3) is 0.0455. The molecule has 2 aliphatic rings. The highest BCUT2D eigenvalue weighted by Crippen LogP contribution is 2.47. The van der Waals surface area contributed by atoms with Crippen LogP contribution in [0.25, 0.3) is 6.08 Å². The van der Waals surface area contributed by atoms with Crippen LogP contribution in [0.1, 0.15) is 27.5 Å². The molecule has 2 aliphatic heterocycles. The Balaban J connectivity index is 1.71.